The zero-order valence-electron chi connectivity index (χ0n) is 9.61. The van der Waals surface area contributed by atoms with Gasteiger partial charge in [0.05, 0.1) is 11.5 Å². The van der Waals surface area contributed by atoms with Gasteiger partial charge in [-0.25, -0.2) is 0 Å². The van der Waals surface area contributed by atoms with Gasteiger partial charge in [0.1, 0.15) is 0 Å². The van der Waals surface area contributed by atoms with E-state index in [9.17, 15) is 10.1 Å². The van der Waals surface area contributed by atoms with Gasteiger partial charge in [-0.3, -0.25) is 10.1 Å². The maximum absolute atomic E-state index is 10.6. The Morgan fingerprint density at radius 1 is 1.47 bits per heavy atom. The molecule has 0 aromatic heterocycles. The fourth-order valence-corrected chi connectivity index (χ4v) is 1.94. The summed E-state index contributed by atoms with van der Waals surface area (Å²) in [5.74, 6) is 0. The Balaban J connectivity index is 2.46. The molecule has 0 aliphatic heterocycles. The second kappa shape index (κ2) is 7.37. The van der Waals surface area contributed by atoms with E-state index in [2.05, 4.69) is 21.2 Å². The quantitative estimate of drug-likeness (QED) is 0.476. The lowest BCUT2D eigenvalue weighted by Crippen LogP contribution is -2.21. The molecule has 0 bridgehead atoms. The van der Waals surface area contributed by atoms with E-state index >= 15 is 0 Å². The van der Waals surface area contributed by atoms with Gasteiger partial charge in [0.2, 0.25) is 0 Å². The van der Waals surface area contributed by atoms with E-state index < -0.39 is 4.92 Å². The largest absolute Gasteiger partial charge is 0.383 e. The molecule has 17 heavy (non-hydrogen) atoms. The van der Waals surface area contributed by atoms with Gasteiger partial charge in [-0.15, -0.1) is 0 Å². The van der Waals surface area contributed by atoms with Crippen molar-refractivity contribution >= 4 is 21.6 Å². The molecule has 0 spiro atoms. The molecule has 1 aromatic rings. The highest BCUT2D eigenvalue weighted by atomic mass is 79.9. The van der Waals surface area contributed by atoms with E-state index in [0.717, 1.165) is 29.5 Å². The van der Waals surface area contributed by atoms with Gasteiger partial charge in [-0.1, -0.05) is 22.0 Å². The standard InChI is InChI=1S/C11H15BrN2O3/c1-17-7-6-13-5-4-9-2-3-10(14(15)16)8-11(9)12/h2-3,8,13H,4-7H2,1H3. The van der Waals surface area contributed by atoms with Gasteiger partial charge in [0, 0.05) is 30.3 Å². The number of benzene rings is 1. The molecule has 1 aromatic carbocycles. The third kappa shape index (κ3) is 4.80. The highest BCUT2D eigenvalue weighted by molar-refractivity contribution is 9.10. The van der Waals surface area contributed by atoms with Crippen LogP contribution in [-0.4, -0.2) is 31.7 Å². The SMILES string of the molecule is COCCNCCc1ccc([N+](=O)[O-])cc1Br. The minimum absolute atomic E-state index is 0.105. The molecule has 1 N–H and O–H groups in total. The second-order valence-electron chi connectivity index (χ2n) is 3.53. The van der Waals surface area contributed by atoms with Crippen LogP contribution in [0.1, 0.15) is 5.56 Å². The molecule has 0 amide bonds. The lowest BCUT2D eigenvalue weighted by molar-refractivity contribution is -0.384. The summed E-state index contributed by atoms with van der Waals surface area (Å²) in [5.41, 5.74) is 1.16. The molecule has 5 nitrogen and oxygen atoms in total. The predicted octanol–water partition coefficient (Wildman–Crippen LogP) is 2.14. The summed E-state index contributed by atoms with van der Waals surface area (Å²) < 4.78 is 5.69. The summed E-state index contributed by atoms with van der Waals surface area (Å²) in [4.78, 5) is 10.2. The molecule has 0 fully saturated rings. The van der Waals surface area contributed by atoms with Crippen molar-refractivity contribution in [3.05, 3.63) is 38.3 Å². The lowest BCUT2D eigenvalue weighted by atomic mass is 10.1. The van der Waals surface area contributed by atoms with Crippen LogP contribution in [0.15, 0.2) is 22.7 Å². The van der Waals surface area contributed by atoms with Gasteiger partial charge in [-0.05, 0) is 18.5 Å². The van der Waals surface area contributed by atoms with Crippen molar-refractivity contribution in [3.8, 4) is 0 Å². The van der Waals surface area contributed by atoms with Crippen LogP contribution in [0.4, 0.5) is 5.69 Å². The van der Waals surface area contributed by atoms with Crippen LogP contribution in [0.3, 0.4) is 0 Å². The van der Waals surface area contributed by atoms with Crippen molar-refractivity contribution in [1.29, 1.82) is 0 Å². The highest BCUT2D eigenvalue weighted by Crippen LogP contribution is 2.23. The van der Waals surface area contributed by atoms with Gasteiger partial charge >= 0.3 is 0 Å². The summed E-state index contributed by atoms with van der Waals surface area (Å²) in [6, 6.07) is 4.83. The minimum Gasteiger partial charge on any atom is -0.383 e. The highest BCUT2D eigenvalue weighted by Gasteiger charge is 2.08. The Morgan fingerprint density at radius 3 is 2.82 bits per heavy atom. The normalized spacial score (nSPS) is 10.5. The molecule has 1 rings (SSSR count). The summed E-state index contributed by atoms with van der Waals surface area (Å²) >= 11 is 3.34. The topological polar surface area (TPSA) is 64.4 Å². The van der Waals surface area contributed by atoms with Crippen LogP contribution >= 0.6 is 15.9 Å². The van der Waals surface area contributed by atoms with Crippen LogP contribution in [0, 0.1) is 10.1 Å². The molecule has 0 unspecified atom stereocenters. The van der Waals surface area contributed by atoms with E-state index in [1.165, 1.54) is 12.1 Å². The lowest BCUT2D eigenvalue weighted by Gasteiger charge is -2.06. The number of nitrogens with one attached hydrogen (secondary N) is 1. The number of methoxy groups -OCH3 is 1. The van der Waals surface area contributed by atoms with E-state index in [1.54, 1.807) is 13.2 Å². The van der Waals surface area contributed by atoms with Gasteiger partial charge in [0.15, 0.2) is 0 Å². The number of ether oxygens (including phenoxy) is 1. The number of rotatable bonds is 7. The molecular weight excluding hydrogens is 288 g/mol. The first-order valence-electron chi connectivity index (χ1n) is 5.27. The third-order valence-corrected chi connectivity index (χ3v) is 3.04. The van der Waals surface area contributed by atoms with E-state index in [4.69, 9.17) is 4.74 Å². The minimum atomic E-state index is -0.397. The van der Waals surface area contributed by atoms with Crippen LogP contribution in [0.2, 0.25) is 0 Å². The molecule has 0 heterocycles. The fraction of sp³-hybridized carbons (Fsp3) is 0.455. The average Bonchev–Trinajstić information content (AvgIpc) is 2.30. The van der Waals surface area contributed by atoms with Crippen molar-refractivity contribution < 1.29 is 9.66 Å². The molecular formula is C11H15BrN2O3. The van der Waals surface area contributed by atoms with Gasteiger partial charge in [-0.2, -0.15) is 0 Å². The van der Waals surface area contributed by atoms with Crippen LogP contribution in [-0.2, 0) is 11.2 Å². The second-order valence-corrected chi connectivity index (χ2v) is 4.38. The number of nitrogens with zero attached hydrogens (tertiary/aromatic N) is 1. The van der Waals surface area contributed by atoms with E-state index in [0.29, 0.717) is 6.61 Å². The van der Waals surface area contributed by atoms with Crippen molar-refractivity contribution in [3.63, 3.8) is 0 Å². The summed E-state index contributed by atoms with van der Waals surface area (Å²) in [6.07, 6.45) is 0.822. The number of nitro benzene ring substituents is 1. The zero-order valence-corrected chi connectivity index (χ0v) is 11.2. The number of hydrogen-bond donors (Lipinski definition) is 1. The van der Waals surface area contributed by atoms with Crippen LogP contribution in [0.5, 0.6) is 0 Å². The molecule has 6 heteroatoms. The summed E-state index contributed by atoms with van der Waals surface area (Å²) in [5, 5.41) is 13.8. The average molecular weight is 303 g/mol. The van der Waals surface area contributed by atoms with E-state index in [-0.39, 0.29) is 5.69 Å². The van der Waals surface area contributed by atoms with Crippen molar-refractivity contribution in [2.75, 3.05) is 26.8 Å². The Labute approximate surface area is 108 Å². The third-order valence-electron chi connectivity index (χ3n) is 2.30. The smallest absolute Gasteiger partial charge is 0.270 e. The Morgan fingerprint density at radius 2 is 2.24 bits per heavy atom. The fourth-order valence-electron chi connectivity index (χ4n) is 1.37. The Bertz CT molecular complexity index is 385. The zero-order chi connectivity index (χ0) is 12.7. The number of halogens is 1. The maximum Gasteiger partial charge on any atom is 0.270 e. The number of hydrogen-bond acceptors (Lipinski definition) is 4. The predicted molar refractivity (Wildman–Crippen MR) is 69.2 cm³/mol. The molecule has 94 valence electrons. The molecule has 0 saturated heterocycles. The molecule has 0 aliphatic rings. The molecule has 0 saturated carbocycles. The first-order chi connectivity index (χ1) is 8.15. The first-order valence-corrected chi connectivity index (χ1v) is 6.07. The summed E-state index contributed by atoms with van der Waals surface area (Å²) in [6.45, 7) is 2.31. The van der Waals surface area contributed by atoms with Crippen molar-refractivity contribution in [2.24, 2.45) is 0 Å². The Kier molecular flexibility index (Phi) is 6.10. The number of nitro groups is 1. The Hall–Kier alpha value is -0.980. The van der Waals surface area contributed by atoms with Crippen molar-refractivity contribution in [1.82, 2.24) is 5.32 Å². The van der Waals surface area contributed by atoms with Gasteiger partial charge < -0.3 is 10.1 Å². The monoisotopic (exact) mass is 302 g/mol. The maximum atomic E-state index is 10.6. The van der Waals surface area contributed by atoms with Crippen molar-refractivity contribution in [2.45, 2.75) is 6.42 Å². The molecule has 0 aliphatic carbocycles. The van der Waals surface area contributed by atoms with Gasteiger partial charge in [0.25, 0.3) is 5.69 Å². The summed E-state index contributed by atoms with van der Waals surface area (Å²) in [7, 11) is 1.66. The van der Waals surface area contributed by atoms with Crippen LogP contribution < -0.4 is 5.32 Å². The molecule has 0 atom stereocenters. The van der Waals surface area contributed by atoms with Crippen LogP contribution in [0.25, 0.3) is 0 Å². The molecule has 0 radical (unpaired) electrons. The first kappa shape index (κ1) is 14.1. The van der Waals surface area contributed by atoms with E-state index in [1.807, 2.05) is 0 Å². The number of non-ortho nitro benzene ring substituents is 1.